The van der Waals surface area contributed by atoms with E-state index in [0.29, 0.717) is 11.8 Å². The first-order valence-electron chi connectivity index (χ1n) is 16.7. The van der Waals surface area contributed by atoms with Gasteiger partial charge in [-0.05, 0) is 111 Å². The van der Waals surface area contributed by atoms with Gasteiger partial charge in [-0.25, -0.2) is 0 Å². The summed E-state index contributed by atoms with van der Waals surface area (Å²) in [6.45, 7) is 2.29. The molecule has 0 aliphatic heterocycles. The number of nitrogens with zero attached hydrogens (tertiary/aromatic N) is 1. The van der Waals surface area contributed by atoms with Gasteiger partial charge in [-0.2, -0.15) is 0 Å². The molecule has 2 unspecified atom stereocenters. The van der Waals surface area contributed by atoms with Gasteiger partial charge in [0.2, 0.25) is 0 Å². The van der Waals surface area contributed by atoms with E-state index in [2.05, 4.69) is 170 Å². The molecular weight excluding hydrogens is 555 g/mol. The fourth-order valence-electron chi connectivity index (χ4n) is 7.48. The maximum Gasteiger partial charge on any atom is 0.0461 e. The normalized spacial score (nSPS) is 18.8. The molecule has 5 aromatic rings. The molecule has 0 saturated carbocycles. The molecule has 0 N–H and O–H groups in total. The summed E-state index contributed by atoms with van der Waals surface area (Å²) in [4.78, 5) is 2.43. The topological polar surface area (TPSA) is 3.24 Å². The third kappa shape index (κ3) is 5.48. The van der Waals surface area contributed by atoms with E-state index >= 15 is 0 Å². The standard InChI is InChI=1S/C45H39N/c1-32-9-6-14-38(31-32)33-19-25-39(26-20-33)46(40-27-21-36(22-28-40)44-17-7-12-34-10-2-4-15-42(34)44)41-29-23-37(24-30-41)45-18-8-13-35-11-3-5-16-43(35)45/h2-7,9-17,19-21,23-30,32,36H,8,18,22,31H2,1H3. The molecule has 1 heteroatoms. The minimum Gasteiger partial charge on any atom is -0.311 e. The van der Waals surface area contributed by atoms with E-state index in [1.165, 1.54) is 66.1 Å². The maximum absolute atomic E-state index is 2.43. The number of hydrogen-bond acceptors (Lipinski definition) is 1. The fraction of sp³-hybridized carbons (Fsp3) is 0.156. The van der Waals surface area contributed by atoms with E-state index in [-0.39, 0.29) is 0 Å². The zero-order valence-electron chi connectivity index (χ0n) is 26.4. The molecule has 0 radical (unpaired) electrons. The Balaban J connectivity index is 1.15. The number of benzene rings is 5. The van der Waals surface area contributed by atoms with Crippen molar-refractivity contribution in [2.75, 3.05) is 4.90 Å². The Morgan fingerprint density at radius 2 is 1.41 bits per heavy atom. The van der Waals surface area contributed by atoms with Gasteiger partial charge in [-0.3, -0.25) is 0 Å². The molecule has 0 saturated heterocycles. The Hall–Kier alpha value is -5.14. The van der Waals surface area contributed by atoms with E-state index in [0.717, 1.165) is 25.7 Å². The fourth-order valence-corrected chi connectivity index (χ4v) is 7.48. The smallest absolute Gasteiger partial charge is 0.0461 e. The number of anilines is 2. The lowest BCUT2D eigenvalue weighted by molar-refractivity contribution is 0.749. The van der Waals surface area contributed by atoms with Crippen molar-refractivity contribution in [2.24, 2.45) is 5.92 Å². The van der Waals surface area contributed by atoms with E-state index in [9.17, 15) is 0 Å². The van der Waals surface area contributed by atoms with Crippen LogP contribution in [0.4, 0.5) is 11.4 Å². The van der Waals surface area contributed by atoms with Gasteiger partial charge in [-0.15, -0.1) is 0 Å². The molecule has 0 fully saturated rings. The summed E-state index contributed by atoms with van der Waals surface area (Å²) in [5, 5.41) is 5.37. The highest BCUT2D eigenvalue weighted by atomic mass is 15.1. The zero-order valence-corrected chi connectivity index (χ0v) is 26.4. The predicted molar refractivity (Wildman–Crippen MR) is 196 cm³/mol. The maximum atomic E-state index is 2.43. The second-order valence-electron chi connectivity index (χ2n) is 12.9. The van der Waals surface area contributed by atoms with Crippen LogP contribution in [0.3, 0.4) is 0 Å². The third-order valence-electron chi connectivity index (χ3n) is 9.85. The largest absolute Gasteiger partial charge is 0.311 e. The lowest BCUT2D eigenvalue weighted by Gasteiger charge is -2.30. The number of rotatable bonds is 6. The molecule has 46 heavy (non-hydrogen) atoms. The van der Waals surface area contributed by atoms with Gasteiger partial charge in [0.15, 0.2) is 0 Å². The highest BCUT2D eigenvalue weighted by Crippen LogP contribution is 2.38. The van der Waals surface area contributed by atoms with Crippen molar-refractivity contribution in [2.45, 2.75) is 38.5 Å². The van der Waals surface area contributed by atoms with Crippen LogP contribution in [0.5, 0.6) is 0 Å². The Bertz CT molecular complexity index is 2150. The van der Waals surface area contributed by atoms with Crippen molar-refractivity contribution < 1.29 is 0 Å². The van der Waals surface area contributed by atoms with Crippen molar-refractivity contribution in [3.05, 3.63) is 185 Å². The summed E-state index contributed by atoms with van der Waals surface area (Å²) < 4.78 is 0. The van der Waals surface area contributed by atoms with Gasteiger partial charge in [-0.1, -0.05) is 134 Å². The van der Waals surface area contributed by atoms with Gasteiger partial charge in [0.05, 0.1) is 0 Å². The Labute approximate surface area is 272 Å². The summed E-state index contributed by atoms with van der Waals surface area (Å²) in [6, 6.07) is 42.7. The minimum absolute atomic E-state index is 0.356. The molecule has 8 rings (SSSR count). The second-order valence-corrected chi connectivity index (χ2v) is 12.9. The zero-order chi connectivity index (χ0) is 30.9. The van der Waals surface area contributed by atoms with Gasteiger partial charge in [0.25, 0.3) is 0 Å². The summed E-state index contributed by atoms with van der Waals surface area (Å²) in [6.07, 6.45) is 20.5. The van der Waals surface area contributed by atoms with Gasteiger partial charge < -0.3 is 4.90 Å². The molecule has 2 atom stereocenters. The van der Waals surface area contributed by atoms with Crippen LogP contribution in [0.2, 0.25) is 0 Å². The summed E-state index contributed by atoms with van der Waals surface area (Å²) in [5.41, 5.74) is 10.5. The van der Waals surface area contributed by atoms with E-state index in [1.807, 2.05) is 0 Å². The summed E-state index contributed by atoms with van der Waals surface area (Å²) >= 11 is 0. The molecule has 0 spiro atoms. The molecule has 0 bridgehead atoms. The highest BCUT2D eigenvalue weighted by molar-refractivity contribution is 5.86. The first-order chi connectivity index (χ1) is 22.7. The molecular formula is C45H39N. The van der Waals surface area contributed by atoms with Crippen LogP contribution in [0.1, 0.15) is 55.2 Å². The number of hydrogen-bond donors (Lipinski definition) is 0. The van der Waals surface area contributed by atoms with Crippen molar-refractivity contribution in [3.63, 3.8) is 0 Å². The molecule has 5 aromatic carbocycles. The predicted octanol–water partition coefficient (Wildman–Crippen LogP) is 10.4. The van der Waals surface area contributed by atoms with Crippen molar-refractivity contribution in [3.8, 4) is 0 Å². The Morgan fingerprint density at radius 1 is 0.674 bits per heavy atom. The SMILES string of the molecule is CC1C=CC=C(c2ccc(N(C3=CCC(c4cccc5ccccc45)C=C3)c3ccc(C4=c5ccccc5=CCC4)cc3)cc2)C1. The Kier molecular flexibility index (Phi) is 7.60. The molecule has 3 aliphatic carbocycles. The quantitative estimate of drug-likeness (QED) is 0.189. The van der Waals surface area contributed by atoms with Crippen LogP contribution in [0.15, 0.2) is 157 Å². The highest BCUT2D eigenvalue weighted by Gasteiger charge is 2.20. The lowest BCUT2D eigenvalue weighted by Crippen LogP contribution is -2.29. The van der Waals surface area contributed by atoms with Crippen LogP contribution in [-0.2, 0) is 0 Å². The van der Waals surface area contributed by atoms with Crippen LogP contribution < -0.4 is 15.3 Å². The molecule has 0 heterocycles. The summed E-state index contributed by atoms with van der Waals surface area (Å²) in [5.74, 6) is 0.933. The number of allylic oxidation sites excluding steroid dienone is 7. The monoisotopic (exact) mass is 593 g/mol. The lowest BCUT2D eigenvalue weighted by atomic mass is 9.88. The average Bonchev–Trinajstić information content (AvgIpc) is 3.12. The molecule has 1 nitrogen and oxygen atoms in total. The first kappa shape index (κ1) is 28.3. The van der Waals surface area contributed by atoms with Crippen molar-refractivity contribution in [1.82, 2.24) is 0 Å². The van der Waals surface area contributed by atoms with E-state index < -0.39 is 0 Å². The molecule has 3 aliphatic rings. The van der Waals surface area contributed by atoms with Crippen molar-refractivity contribution >= 4 is 39.4 Å². The summed E-state index contributed by atoms with van der Waals surface area (Å²) in [7, 11) is 0. The van der Waals surface area contributed by atoms with Crippen LogP contribution in [-0.4, -0.2) is 0 Å². The molecule has 224 valence electrons. The van der Waals surface area contributed by atoms with E-state index in [1.54, 1.807) is 0 Å². The van der Waals surface area contributed by atoms with Gasteiger partial charge >= 0.3 is 0 Å². The molecule has 0 amide bonds. The number of fused-ring (bicyclic) bond motifs is 2. The van der Waals surface area contributed by atoms with Gasteiger partial charge in [0, 0.05) is 23.0 Å². The van der Waals surface area contributed by atoms with Crippen LogP contribution >= 0.6 is 0 Å². The minimum atomic E-state index is 0.356. The average molecular weight is 594 g/mol. The first-order valence-corrected chi connectivity index (χ1v) is 16.7. The van der Waals surface area contributed by atoms with Crippen LogP contribution in [0.25, 0.3) is 28.0 Å². The van der Waals surface area contributed by atoms with Crippen LogP contribution in [0, 0.1) is 5.92 Å². The second kappa shape index (κ2) is 12.3. The van der Waals surface area contributed by atoms with Crippen molar-refractivity contribution in [1.29, 1.82) is 0 Å². The van der Waals surface area contributed by atoms with E-state index in [4.69, 9.17) is 0 Å². The third-order valence-corrected chi connectivity index (χ3v) is 9.85. The van der Waals surface area contributed by atoms with Gasteiger partial charge in [0.1, 0.15) is 0 Å². The Morgan fingerprint density at radius 3 is 2.20 bits per heavy atom. The molecule has 0 aromatic heterocycles.